The predicted octanol–water partition coefficient (Wildman–Crippen LogP) is 7.62. The zero-order valence-electron chi connectivity index (χ0n) is 23.3. The molecule has 8 nitrogen and oxygen atoms in total. The van der Waals surface area contributed by atoms with Crippen LogP contribution in [0.5, 0.6) is 17.2 Å². The van der Waals surface area contributed by atoms with Crippen LogP contribution >= 0.6 is 0 Å². The number of ether oxygens (including phenoxy) is 3. The fourth-order valence-electron chi connectivity index (χ4n) is 4.42. The first-order valence-corrected chi connectivity index (χ1v) is 13.6. The van der Waals surface area contributed by atoms with Crippen LogP contribution in [0.2, 0.25) is 0 Å². The zero-order chi connectivity index (χ0) is 29.0. The molecule has 0 atom stereocenters. The third-order valence-electron chi connectivity index (χ3n) is 6.44. The van der Waals surface area contributed by atoms with Crippen LogP contribution in [0.25, 0.3) is 0 Å². The number of rotatable bonds is 14. The van der Waals surface area contributed by atoms with Crippen molar-refractivity contribution >= 4 is 17.3 Å². The number of hydrogen-bond donors (Lipinski definition) is 0. The van der Waals surface area contributed by atoms with Crippen molar-refractivity contribution in [3.8, 4) is 17.2 Å². The number of hydrogen-bond acceptors (Lipinski definition) is 7. The highest BCUT2D eigenvalue weighted by atomic mass is 16.6. The molecule has 0 aliphatic rings. The van der Waals surface area contributed by atoms with E-state index in [4.69, 9.17) is 14.2 Å². The Morgan fingerprint density at radius 2 is 1.49 bits per heavy atom. The van der Waals surface area contributed by atoms with Gasteiger partial charge in [0.1, 0.15) is 30.5 Å². The van der Waals surface area contributed by atoms with Gasteiger partial charge < -0.3 is 19.1 Å². The van der Waals surface area contributed by atoms with Crippen LogP contribution in [0.1, 0.15) is 36.5 Å². The van der Waals surface area contributed by atoms with Crippen molar-refractivity contribution in [3.63, 3.8) is 0 Å². The Morgan fingerprint density at radius 3 is 2.20 bits per heavy atom. The molecule has 0 radical (unpaired) electrons. The lowest BCUT2D eigenvalue weighted by Crippen LogP contribution is -2.23. The van der Waals surface area contributed by atoms with Gasteiger partial charge in [0.2, 0.25) is 0 Å². The van der Waals surface area contributed by atoms with Crippen LogP contribution in [0.4, 0.5) is 11.4 Å². The van der Waals surface area contributed by atoms with E-state index in [1.165, 1.54) is 6.07 Å². The summed E-state index contributed by atoms with van der Waals surface area (Å²) in [5.74, 6) is 1.69. The van der Waals surface area contributed by atoms with Crippen LogP contribution in [0.15, 0.2) is 97.1 Å². The number of carbonyl (C=O) groups is 1. The van der Waals surface area contributed by atoms with Crippen LogP contribution in [0.3, 0.4) is 0 Å². The number of anilines is 1. The van der Waals surface area contributed by atoms with Crippen molar-refractivity contribution in [1.29, 1.82) is 0 Å². The maximum Gasteiger partial charge on any atom is 0.305 e. The van der Waals surface area contributed by atoms with E-state index < -0.39 is 0 Å². The molecular weight excluding hydrogens is 520 g/mol. The van der Waals surface area contributed by atoms with E-state index in [0.717, 1.165) is 23.2 Å². The molecule has 0 N–H and O–H groups in total. The highest BCUT2D eigenvalue weighted by molar-refractivity contribution is 5.69. The topological polar surface area (TPSA) is 91.1 Å². The molecular formula is C33H34N2O6. The van der Waals surface area contributed by atoms with E-state index in [1.54, 1.807) is 19.1 Å². The van der Waals surface area contributed by atoms with Gasteiger partial charge in [0.25, 0.3) is 5.69 Å². The molecule has 4 aromatic rings. The van der Waals surface area contributed by atoms with Gasteiger partial charge in [-0.3, -0.25) is 14.9 Å². The minimum Gasteiger partial charge on any atom is -0.490 e. The van der Waals surface area contributed by atoms with Crippen molar-refractivity contribution in [2.75, 3.05) is 18.1 Å². The van der Waals surface area contributed by atoms with Crippen molar-refractivity contribution < 1.29 is 23.9 Å². The Morgan fingerprint density at radius 1 is 0.805 bits per heavy atom. The Balaban J connectivity index is 1.42. The van der Waals surface area contributed by atoms with E-state index in [9.17, 15) is 14.9 Å². The minimum atomic E-state index is -0.339. The summed E-state index contributed by atoms with van der Waals surface area (Å²) in [6, 6.07) is 30.3. The summed E-state index contributed by atoms with van der Waals surface area (Å²) < 4.78 is 16.9. The van der Waals surface area contributed by atoms with E-state index in [-0.39, 0.29) is 29.8 Å². The van der Waals surface area contributed by atoms with E-state index >= 15 is 0 Å². The van der Waals surface area contributed by atoms with Gasteiger partial charge in [0.05, 0.1) is 10.5 Å². The van der Waals surface area contributed by atoms with Gasteiger partial charge in [-0.15, -0.1) is 0 Å². The molecule has 0 unspecified atom stereocenters. The van der Waals surface area contributed by atoms with Gasteiger partial charge in [0, 0.05) is 37.3 Å². The zero-order valence-corrected chi connectivity index (χ0v) is 23.3. The molecule has 41 heavy (non-hydrogen) atoms. The quantitative estimate of drug-likeness (QED) is 0.0685. The standard InChI is InChI=1S/C33H34N2O6/c1-3-9-33(36)40-21-20-39-29-12-7-13-30(22-29)41-28-18-16-27(17-19-28)24-34(23-26-10-5-4-6-11-26)31-14-8-15-32(25(31)2)35(37)38/h4-8,10-19,22H,3,9,20-21,23-24H2,1-2H3. The van der Waals surface area contributed by atoms with Crippen molar-refractivity contribution in [2.45, 2.75) is 39.8 Å². The Kier molecular flexibility index (Phi) is 10.3. The summed E-state index contributed by atoms with van der Waals surface area (Å²) in [5, 5.41) is 11.6. The fraction of sp³-hybridized carbons (Fsp3) is 0.242. The summed E-state index contributed by atoms with van der Waals surface area (Å²) in [5.41, 5.74) is 3.71. The molecule has 0 aliphatic carbocycles. The van der Waals surface area contributed by atoms with E-state index in [0.29, 0.717) is 42.3 Å². The van der Waals surface area contributed by atoms with Gasteiger partial charge in [-0.2, -0.15) is 0 Å². The van der Waals surface area contributed by atoms with Crippen LogP contribution < -0.4 is 14.4 Å². The first kappa shape index (κ1) is 29.1. The lowest BCUT2D eigenvalue weighted by molar-refractivity contribution is -0.385. The molecule has 0 spiro atoms. The molecule has 4 rings (SSSR count). The molecule has 0 amide bonds. The van der Waals surface area contributed by atoms with Gasteiger partial charge in [-0.1, -0.05) is 61.5 Å². The molecule has 4 aromatic carbocycles. The van der Waals surface area contributed by atoms with Gasteiger partial charge in [0.15, 0.2) is 0 Å². The number of carbonyl (C=O) groups excluding carboxylic acids is 1. The molecule has 0 heterocycles. The third-order valence-corrected chi connectivity index (χ3v) is 6.44. The molecule has 0 saturated carbocycles. The van der Waals surface area contributed by atoms with Crippen molar-refractivity contribution in [2.24, 2.45) is 0 Å². The normalized spacial score (nSPS) is 10.6. The second-order valence-corrected chi connectivity index (χ2v) is 9.56. The molecule has 0 fully saturated rings. The summed E-state index contributed by atoms with van der Waals surface area (Å²) in [6.45, 7) is 5.34. The number of nitro benzene ring substituents is 1. The molecule has 0 saturated heterocycles. The Bertz CT molecular complexity index is 1440. The van der Waals surface area contributed by atoms with Crippen LogP contribution in [0, 0.1) is 17.0 Å². The first-order valence-electron chi connectivity index (χ1n) is 13.6. The second kappa shape index (κ2) is 14.5. The lowest BCUT2D eigenvalue weighted by Gasteiger charge is -2.27. The summed E-state index contributed by atoms with van der Waals surface area (Å²) in [4.78, 5) is 24.9. The fourth-order valence-corrected chi connectivity index (χ4v) is 4.42. The van der Waals surface area contributed by atoms with Crippen molar-refractivity contribution in [3.05, 3.63) is 124 Å². The van der Waals surface area contributed by atoms with Crippen LogP contribution in [-0.4, -0.2) is 24.1 Å². The Labute approximate surface area is 240 Å². The maximum atomic E-state index is 11.6. The number of nitrogens with zero attached hydrogens (tertiary/aromatic N) is 2. The highest BCUT2D eigenvalue weighted by Gasteiger charge is 2.18. The van der Waals surface area contributed by atoms with Gasteiger partial charge >= 0.3 is 5.97 Å². The van der Waals surface area contributed by atoms with Gasteiger partial charge in [-0.25, -0.2) is 0 Å². The van der Waals surface area contributed by atoms with Crippen molar-refractivity contribution in [1.82, 2.24) is 0 Å². The highest BCUT2D eigenvalue weighted by Crippen LogP contribution is 2.31. The minimum absolute atomic E-state index is 0.105. The third kappa shape index (κ3) is 8.57. The second-order valence-electron chi connectivity index (χ2n) is 9.56. The number of benzene rings is 4. The molecule has 212 valence electrons. The maximum absolute atomic E-state index is 11.6. The molecule has 0 bridgehead atoms. The summed E-state index contributed by atoms with van der Waals surface area (Å²) in [6.07, 6.45) is 1.16. The molecule has 0 aliphatic heterocycles. The smallest absolute Gasteiger partial charge is 0.305 e. The van der Waals surface area contributed by atoms with E-state index in [2.05, 4.69) is 4.90 Å². The molecule has 0 aromatic heterocycles. The first-order chi connectivity index (χ1) is 19.9. The van der Waals surface area contributed by atoms with Crippen LogP contribution in [-0.2, 0) is 22.6 Å². The molecule has 8 heteroatoms. The monoisotopic (exact) mass is 554 g/mol. The number of nitro groups is 1. The Hall–Kier alpha value is -4.85. The van der Waals surface area contributed by atoms with Gasteiger partial charge in [-0.05, 0) is 54.8 Å². The average Bonchev–Trinajstić information content (AvgIpc) is 2.97. The average molecular weight is 555 g/mol. The lowest BCUT2D eigenvalue weighted by atomic mass is 10.1. The predicted molar refractivity (Wildman–Crippen MR) is 158 cm³/mol. The summed E-state index contributed by atoms with van der Waals surface area (Å²) in [7, 11) is 0. The SMILES string of the molecule is CCCC(=O)OCCOc1cccc(Oc2ccc(CN(Cc3ccccc3)c3cccc([N+](=O)[O-])c3C)cc2)c1. The van der Waals surface area contributed by atoms with E-state index in [1.807, 2.05) is 85.8 Å². The number of esters is 1. The largest absolute Gasteiger partial charge is 0.490 e. The summed E-state index contributed by atoms with van der Waals surface area (Å²) >= 11 is 0.